The Kier molecular flexibility index (Phi) is 7.57. The fourth-order valence-electron chi connectivity index (χ4n) is 1.72. The molecule has 1 rings (SSSR count). The number of hydrogen-bond acceptors (Lipinski definition) is 3. The van der Waals surface area contributed by atoms with Crippen molar-refractivity contribution in [3.05, 3.63) is 35.1 Å². The smallest absolute Gasteiger partial charge is 0.123 e. The van der Waals surface area contributed by atoms with Crippen molar-refractivity contribution in [2.45, 2.75) is 19.9 Å². The van der Waals surface area contributed by atoms with E-state index in [1.54, 1.807) is 13.2 Å². The van der Waals surface area contributed by atoms with E-state index in [2.05, 4.69) is 10.6 Å². The number of nitrogens with one attached hydrogen (secondary N) is 2. The third-order valence-electron chi connectivity index (χ3n) is 2.81. The molecule has 102 valence electrons. The van der Waals surface area contributed by atoms with Gasteiger partial charge in [-0.25, -0.2) is 4.39 Å². The van der Waals surface area contributed by atoms with Crippen LogP contribution in [0.3, 0.4) is 0 Å². The second kappa shape index (κ2) is 9.03. The standard InChI is InChI=1S/C14H23FN2O/c1-12-10-14(15)5-4-13(12)11-17-7-3-6-16-8-9-18-2/h4-5,10,16-17H,3,6-9,11H2,1-2H3. The van der Waals surface area contributed by atoms with Gasteiger partial charge in [0.15, 0.2) is 0 Å². The van der Waals surface area contributed by atoms with Gasteiger partial charge in [-0.2, -0.15) is 0 Å². The Morgan fingerprint density at radius 3 is 2.67 bits per heavy atom. The summed E-state index contributed by atoms with van der Waals surface area (Å²) in [6.45, 7) is 6.32. The molecule has 0 amide bonds. The largest absolute Gasteiger partial charge is 0.383 e. The molecule has 0 spiro atoms. The van der Waals surface area contributed by atoms with E-state index >= 15 is 0 Å². The molecule has 0 atom stereocenters. The Balaban J connectivity index is 2.07. The summed E-state index contributed by atoms with van der Waals surface area (Å²) in [5.74, 6) is -0.168. The molecule has 0 radical (unpaired) electrons. The molecule has 18 heavy (non-hydrogen) atoms. The zero-order chi connectivity index (χ0) is 13.2. The summed E-state index contributed by atoms with van der Waals surface area (Å²) >= 11 is 0. The molecule has 0 bridgehead atoms. The van der Waals surface area contributed by atoms with Crippen molar-refractivity contribution in [2.75, 3.05) is 33.4 Å². The summed E-state index contributed by atoms with van der Waals surface area (Å²) < 4.78 is 17.8. The summed E-state index contributed by atoms with van der Waals surface area (Å²) in [6.07, 6.45) is 1.07. The maximum atomic E-state index is 12.9. The molecule has 0 aliphatic rings. The van der Waals surface area contributed by atoms with Gasteiger partial charge in [0.1, 0.15) is 5.82 Å². The lowest BCUT2D eigenvalue weighted by Crippen LogP contribution is -2.24. The SMILES string of the molecule is COCCNCCCNCc1ccc(F)cc1C. The number of rotatable bonds is 9. The van der Waals surface area contributed by atoms with Crippen molar-refractivity contribution < 1.29 is 9.13 Å². The molecule has 0 fully saturated rings. The van der Waals surface area contributed by atoms with E-state index in [9.17, 15) is 4.39 Å². The summed E-state index contributed by atoms with van der Waals surface area (Å²) in [4.78, 5) is 0. The zero-order valence-corrected chi connectivity index (χ0v) is 11.3. The summed E-state index contributed by atoms with van der Waals surface area (Å²) in [5, 5.41) is 6.65. The number of hydrogen-bond donors (Lipinski definition) is 2. The number of aryl methyl sites for hydroxylation is 1. The molecular weight excluding hydrogens is 231 g/mol. The van der Waals surface area contributed by atoms with Gasteiger partial charge in [-0.1, -0.05) is 6.07 Å². The second-order valence-electron chi connectivity index (χ2n) is 4.34. The monoisotopic (exact) mass is 254 g/mol. The number of methoxy groups -OCH3 is 1. The van der Waals surface area contributed by atoms with Crippen molar-refractivity contribution in [2.24, 2.45) is 0 Å². The first-order chi connectivity index (χ1) is 8.74. The number of halogens is 1. The highest BCUT2D eigenvalue weighted by Crippen LogP contribution is 2.09. The van der Waals surface area contributed by atoms with E-state index in [-0.39, 0.29) is 5.82 Å². The van der Waals surface area contributed by atoms with Gasteiger partial charge >= 0.3 is 0 Å². The van der Waals surface area contributed by atoms with Crippen molar-refractivity contribution >= 4 is 0 Å². The second-order valence-corrected chi connectivity index (χ2v) is 4.34. The lowest BCUT2D eigenvalue weighted by molar-refractivity contribution is 0.199. The minimum absolute atomic E-state index is 0.168. The Bertz CT molecular complexity index is 345. The lowest BCUT2D eigenvalue weighted by atomic mass is 10.1. The normalized spacial score (nSPS) is 10.8. The molecule has 2 N–H and O–H groups in total. The van der Waals surface area contributed by atoms with Gasteiger partial charge in [0.2, 0.25) is 0 Å². The van der Waals surface area contributed by atoms with Crippen molar-refractivity contribution in [1.82, 2.24) is 10.6 Å². The summed E-state index contributed by atoms with van der Waals surface area (Å²) in [6, 6.07) is 4.92. The summed E-state index contributed by atoms with van der Waals surface area (Å²) in [5.41, 5.74) is 2.16. The van der Waals surface area contributed by atoms with Gasteiger partial charge in [-0.05, 0) is 49.7 Å². The first-order valence-electron chi connectivity index (χ1n) is 6.39. The predicted molar refractivity (Wildman–Crippen MR) is 72.2 cm³/mol. The highest BCUT2D eigenvalue weighted by molar-refractivity contribution is 5.26. The average Bonchev–Trinajstić information content (AvgIpc) is 2.35. The zero-order valence-electron chi connectivity index (χ0n) is 11.3. The van der Waals surface area contributed by atoms with Crippen LogP contribution < -0.4 is 10.6 Å². The van der Waals surface area contributed by atoms with E-state index < -0.39 is 0 Å². The third-order valence-corrected chi connectivity index (χ3v) is 2.81. The molecule has 3 nitrogen and oxygen atoms in total. The summed E-state index contributed by atoms with van der Waals surface area (Å²) in [7, 11) is 1.70. The van der Waals surface area contributed by atoms with Crippen LogP contribution in [0.15, 0.2) is 18.2 Å². The Labute approximate surface area is 109 Å². The van der Waals surface area contributed by atoms with Crippen LogP contribution in [0, 0.1) is 12.7 Å². The van der Waals surface area contributed by atoms with Crippen LogP contribution in [0.25, 0.3) is 0 Å². The van der Waals surface area contributed by atoms with E-state index in [1.165, 1.54) is 6.07 Å². The molecule has 0 unspecified atom stereocenters. The molecule has 4 heteroatoms. The molecule has 0 aliphatic carbocycles. The molecular formula is C14H23FN2O. The molecule has 0 heterocycles. The Hall–Kier alpha value is -0.970. The van der Waals surface area contributed by atoms with Crippen LogP contribution in [-0.4, -0.2) is 33.4 Å². The minimum Gasteiger partial charge on any atom is -0.383 e. The van der Waals surface area contributed by atoms with Crippen molar-refractivity contribution in [1.29, 1.82) is 0 Å². The van der Waals surface area contributed by atoms with Gasteiger partial charge in [0, 0.05) is 20.2 Å². The van der Waals surface area contributed by atoms with Crippen LogP contribution >= 0.6 is 0 Å². The van der Waals surface area contributed by atoms with Crippen LogP contribution in [-0.2, 0) is 11.3 Å². The molecule has 0 saturated heterocycles. The minimum atomic E-state index is -0.168. The van der Waals surface area contributed by atoms with Crippen LogP contribution in [0.2, 0.25) is 0 Å². The van der Waals surface area contributed by atoms with Crippen LogP contribution in [0.4, 0.5) is 4.39 Å². The van der Waals surface area contributed by atoms with Gasteiger partial charge in [-0.3, -0.25) is 0 Å². The topological polar surface area (TPSA) is 33.3 Å². The number of ether oxygens (including phenoxy) is 1. The first kappa shape index (κ1) is 15.1. The maximum Gasteiger partial charge on any atom is 0.123 e. The van der Waals surface area contributed by atoms with E-state index in [0.717, 1.165) is 50.3 Å². The van der Waals surface area contributed by atoms with Gasteiger partial charge in [0.25, 0.3) is 0 Å². The van der Waals surface area contributed by atoms with Crippen molar-refractivity contribution in [3.63, 3.8) is 0 Å². The lowest BCUT2D eigenvalue weighted by Gasteiger charge is -2.08. The Morgan fingerprint density at radius 2 is 1.94 bits per heavy atom. The predicted octanol–water partition coefficient (Wildman–Crippen LogP) is 1.85. The molecule has 0 saturated carbocycles. The average molecular weight is 254 g/mol. The first-order valence-corrected chi connectivity index (χ1v) is 6.39. The molecule has 1 aromatic carbocycles. The molecule has 1 aromatic rings. The van der Waals surface area contributed by atoms with E-state index in [0.29, 0.717) is 0 Å². The van der Waals surface area contributed by atoms with Crippen molar-refractivity contribution in [3.8, 4) is 0 Å². The highest BCUT2D eigenvalue weighted by atomic mass is 19.1. The van der Waals surface area contributed by atoms with E-state index in [1.807, 2.05) is 13.0 Å². The highest BCUT2D eigenvalue weighted by Gasteiger charge is 1.99. The van der Waals surface area contributed by atoms with Gasteiger partial charge < -0.3 is 15.4 Å². The van der Waals surface area contributed by atoms with Gasteiger partial charge in [-0.15, -0.1) is 0 Å². The molecule has 0 aliphatic heterocycles. The van der Waals surface area contributed by atoms with Crippen LogP contribution in [0.1, 0.15) is 17.5 Å². The third kappa shape index (κ3) is 6.10. The quantitative estimate of drug-likeness (QED) is 0.660. The Morgan fingerprint density at radius 1 is 1.17 bits per heavy atom. The molecule has 0 aromatic heterocycles. The fourth-order valence-corrected chi connectivity index (χ4v) is 1.72. The fraction of sp³-hybridized carbons (Fsp3) is 0.571. The number of benzene rings is 1. The van der Waals surface area contributed by atoms with Gasteiger partial charge in [0.05, 0.1) is 6.61 Å². The van der Waals surface area contributed by atoms with Crippen LogP contribution in [0.5, 0.6) is 0 Å². The van der Waals surface area contributed by atoms with E-state index in [4.69, 9.17) is 4.74 Å². The maximum absolute atomic E-state index is 12.9.